The van der Waals surface area contributed by atoms with Crippen LogP contribution in [0.1, 0.15) is 25.3 Å². The monoisotopic (exact) mass is 326 g/mol. The molecule has 2 aromatic rings. The van der Waals surface area contributed by atoms with Gasteiger partial charge in [0.25, 0.3) is 0 Å². The van der Waals surface area contributed by atoms with Crippen LogP contribution in [0, 0.1) is 0 Å². The number of sulfone groups is 1. The Kier molecular flexibility index (Phi) is 4.49. The third-order valence-electron chi connectivity index (χ3n) is 2.84. The maximum absolute atomic E-state index is 11.4. The zero-order chi connectivity index (χ0) is 15.6. The van der Waals surface area contributed by atoms with Crippen LogP contribution in [0.15, 0.2) is 35.5 Å². The third-order valence-corrected chi connectivity index (χ3v) is 4.27. The smallest absolute Gasteiger partial charge is 0.227 e. The first kappa shape index (κ1) is 15.7. The van der Waals surface area contributed by atoms with Crippen LogP contribution in [0.25, 0.3) is 0 Å². The molecule has 0 atom stereocenters. The van der Waals surface area contributed by atoms with Gasteiger partial charge in [0.05, 0.1) is 10.5 Å². The lowest BCUT2D eigenvalue weighted by Crippen LogP contribution is -2.00. The number of nitrogens with zero attached hydrogens (tertiary/aromatic N) is 2. The lowest BCUT2D eigenvalue weighted by atomic mass is 10.1. The maximum atomic E-state index is 11.4. The van der Waals surface area contributed by atoms with E-state index in [1.54, 1.807) is 12.1 Å². The van der Waals surface area contributed by atoms with E-state index in [1.165, 1.54) is 18.5 Å². The van der Waals surface area contributed by atoms with Gasteiger partial charge in [-0.2, -0.15) is 0 Å². The van der Waals surface area contributed by atoms with Gasteiger partial charge < -0.3 is 4.74 Å². The van der Waals surface area contributed by atoms with Crippen molar-refractivity contribution in [3.05, 3.63) is 41.3 Å². The van der Waals surface area contributed by atoms with E-state index in [2.05, 4.69) is 9.97 Å². The highest BCUT2D eigenvalue weighted by Crippen LogP contribution is 2.32. The molecule has 0 aliphatic carbocycles. The summed E-state index contributed by atoms with van der Waals surface area (Å²) in [6, 6.07) is 6.14. The maximum Gasteiger partial charge on any atom is 0.227 e. The normalized spacial score (nSPS) is 11.7. The molecule has 5 nitrogen and oxygen atoms in total. The minimum atomic E-state index is -3.22. The summed E-state index contributed by atoms with van der Waals surface area (Å²) >= 11 is 6.07. The minimum absolute atomic E-state index is 0.101. The Labute approximate surface area is 128 Å². The number of aromatic nitrogens is 2. The second-order valence-corrected chi connectivity index (χ2v) is 7.26. The van der Waals surface area contributed by atoms with Crippen molar-refractivity contribution in [3.63, 3.8) is 0 Å². The number of hydrogen-bond donors (Lipinski definition) is 0. The van der Waals surface area contributed by atoms with Crippen LogP contribution in [-0.2, 0) is 9.84 Å². The molecule has 0 aliphatic rings. The Hall–Kier alpha value is -1.66. The van der Waals surface area contributed by atoms with Crippen LogP contribution in [0.3, 0.4) is 0 Å². The first-order valence-electron chi connectivity index (χ1n) is 6.27. The Bertz CT molecular complexity index is 743. The van der Waals surface area contributed by atoms with Gasteiger partial charge in [0.2, 0.25) is 5.88 Å². The molecule has 0 fully saturated rings. The van der Waals surface area contributed by atoms with Crippen molar-refractivity contribution in [2.24, 2.45) is 0 Å². The molecule has 0 saturated carbocycles. The van der Waals surface area contributed by atoms with Crippen LogP contribution < -0.4 is 4.74 Å². The molecule has 0 amide bonds. The molecular weight excluding hydrogens is 312 g/mol. The second-order valence-electron chi connectivity index (χ2n) is 4.88. The zero-order valence-corrected chi connectivity index (χ0v) is 13.4. The van der Waals surface area contributed by atoms with E-state index in [4.69, 9.17) is 16.3 Å². The van der Waals surface area contributed by atoms with E-state index >= 15 is 0 Å². The van der Waals surface area contributed by atoms with Gasteiger partial charge in [-0.1, -0.05) is 25.4 Å². The standard InChI is InChI=1S/C14H15ClN2O3S/c1-9(2)12-13(15)16-8-17-14(12)20-10-4-6-11(7-5-10)21(3,18)19/h4-9H,1-3H3. The molecule has 1 aromatic heterocycles. The summed E-state index contributed by atoms with van der Waals surface area (Å²) in [7, 11) is -3.22. The van der Waals surface area contributed by atoms with Gasteiger partial charge >= 0.3 is 0 Å². The Morgan fingerprint density at radius 3 is 2.29 bits per heavy atom. The molecule has 0 saturated heterocycles. The Balaban J connectivity index is 2.33. The molecule has 21 heavy (non-hydrogen) atoms. The van der Waals surface area contributed by atoms with Gasteiger partial charge in [-0.05, 0) is 30.2 Å². The van der Waals surface area contributed by atoms with Gasteiger partial charge in [-0.15, -0.1) is 0 Å². The number of rotatable bonds is 4. The lowest BCUT2D eigenvalue weighted by molar-refractivity contribution is 0.451. The van der Waals surface area contributed by atoms with Gasteiger partial charge in [-0.25, -0.2) is 18.4 Å². The number of hydrogen-bond acceptors (Lipinski definition) is 5. The summed E-state index contributed by atoms with van der Waals surface area (Å²) in [4.78, 5) is 8.27. The fourth-order valence-electron chi connectivity index (χ4n) is 1.79. The van der Waals surface area contributed by atoms with Crippen LogP contribution in [0.5, 0.6) is 11.6 Å². The molecule has 1 heterocycles. The molecule has 0 spiro atoms. The first-order chi connectivity index (χ1) is 9.79. The molecule has 0 bridgehead atoms. The van der Waals surface area contributed by atoms with Crippen molar-refractivity contribution < 1.29 is 13.2 Å². The average Bonchev–Trinajstić information content (AvgIpc) is 2.38. The molecular formula is C14H15ClN2O3S. The van der Waals surface area contributed by atoms with Crippen LogP contribution in [0.4, 0.5) is 0 Å². The number of ether oxygens (including phenoxy) is 1. The summed E-state index contributed by atoms with van der Waals surface area (Å²) in [5, 5.41) is 0.350. The molecule has 1 aromatic carbocycles. The molecule has 2 rings (SSSR count). The lowest BCUT2D eigenvalue weighted by Gasteiger charge is -2.13. The first-order valence-corrected chi connectivity index (χ1v) is 8.54. The molecule has 7 heteroatoms. The van der Waals surface area contributed by atoms with Crippen molar-refractivity contribution in [2.45, 2.75) is 24.7 Å². The Morgan fingerprint density at radius 1 is 1.14 bits per heavy atom. The molecule has 0 aliphatic heterocycles. The highest BCUT2D eigenvalue weighted by Gasteiger charge is 2.16. The van der Waals surface area contributed by atoms with Crippen molar-refractivity contribution in [2.75, 3.05) is 6.26 Å². The Morgan fingerprint density at radius 2 is 1.76 bits per heavy atom. The molecule has 0 radical (unpaired) electrons. The van der Waals surface area contributed by atoms with Crippen LogP contribution in [-0.4, -0.2) is 24.6 Å². The SMILES string of the molecule is CC(C)c1c(Cl)ncnc1Oc1ccc(S(C)(=O)=O)cc1. The van der Waals surface area contributed by atoms with Crippen molar-refractivity contribution in [1.29, 1.82) is 0 Å². The molecule has 0 unspecified atom stereocenters. The van der Waals surface area contributed by atoms with E-state index in [9.17, 15) is 8.42 Å². The summed E-state index contributed by atoms with van der Waals surface area (Å²) in [6.45, 7) is 3.92. The summed E-state index contributed by atoms with van der Waals surface area (Å²) in [5.41, 5.74) is 0.714. The van der Waals surface area contributed by atoms with E-state index in [0.29, 0.717) is 22.3 Å². The van der Waals surface area contributed by atoms with Crippen molar-refractivity contribution >= 4 is 21.4 Å². The van der Waals surface area contributed by atoms with E-state index < -0.39 is 9.84 Å². The van der Waals surface area contributed by atoms with E-state index in [0.717, 1.165) is 6.26 Å². The third kappa shape index (κ3) is 3.71. The fraction of sp³-hybridized carbons (Fsp3) is 0.286. The molecule has 112 valence electrons. The topological polar surface area (TPSA) is 69.2 Å². The van der Waals surface area contributed by atoms with Crippen molar-refractivity contribution in [1.82, 2.24) is 9.97 Å². The van der Waals surface area contributed by atoms with Crippen LogP contribution >= 0.6 is 11.6 Å². The quantitative estimate of drug-likeness (QED) is 0.805. The van der Waals surface area contributed by atoms with Crippen LogP contribution in [0.2, 0.25) is 5.15 Å². The largest absolute Gasteiger partial charge is 0.439 e. The minimum Gasteiger partial charge on any atom is -0.439 e. The van der Waals surface area contributed by atoms with Crippen molar-refractivity contribution in [3.8, 4) is 11.6 Å². The second kappa shape index (κ2) is 5.99. The predicted octanol–water partition coefficient (Wildman–Crippen LogP) is 3.45. The van der Waals surface area contributed by atoms with E-state index in [-0.39, 0.29) is 10.8 Å². The van der Waals surface area contributed by atoms with Gasteiger partial charge in [0.15, 0.2) is 9.84 Å². The summed E-state index contributed by atoms with van der Waals surface area (Å²) in [6.07, 6.45) is 2.48. The average molecular weight is 327 g/mol. The molecule has 0 N–H and O–H groups in total. The van der Waals surface area contributed by atoms with E-state index in [1.807, 2.05) is 13.8 Å². The van der Waals surface area contributed by atoms with Gasteiger partial charge in [0, 0.05) is 6.26 Å². The van der Waals surface area contributed by atoms with Gasteiger partial charge in [0.1, 0.15) is 17.2 Å². The summed E-state index contributed by atoms with van der Waals surface area (Å²) < 4.78 is 28.5. The zero-order valence-electron chi connectivity index (χ0n) is 11.9. The number of halogens is 1. The highest BCUT2D eigenvalue weighted by atomic mass is 35.5. The van der Waals surface area contributed by atoms with Gasteiger partial charge in [-0.3, -0.25) is 0 Å². The fourth-order valence-corrected chi connectivity index (χ4v) is 2.77. The predicted molar refractivity (Wildman–Crippen MR) is 80.8 cm³/mol. The highest BCUT2D eigenvalue weighted by molar-refractivity contribution is 7.90. The summed E-state index contributed by atoms with van der Waals surface area (Å²) in [5.74, 6) is 0.958. The number of benzene rings is 1.